The van der Waals surface area contributed by atoms with Gasteiger partial charge in [0.15, 0.2) is 0 Å². The molecule has 2 aliphatic rings. The Balaban J connectivity index is 1.61. The molecule has 3 atom stereocenters. The molecule has 1 heterocycles. The van der Waals surface area contributed by atoms with Crippen molar-refractivity contribution in [1.29, 1.82) is 0 Å². The number of carbonyl (C=O) groups excluding carboxylic acids is 1. The van der Waals surface area contributed by atoms with E-state index in [2.05, 4.69) is 29.3 Å². The van der Waals surface area contributed by atoms with Gasteiger partial charge in [-0.1, -0.05) is 13.0 Å². The molecule has 3 rings (SSSR count). The van der Waals surface area contributed by atoms with Crippen LogP contribution in [0.4, 0.5) is 5.69 Å². The van der Waals surface area contributed by atoms with Crippen LogP contribution in [0.2, 0.25) is 0 Å². The van der Waals surface area contributed by atoms with Crippen LogP contribution in [0.1, 0.15) is 26.2 Å². The van der Waals surface area contributed by atoms with Gasteiger partial charge in [-0.15, -0.1) is 0 Å². The molecule has 114 valence electrons. The Hall–Kier alpha value is -1.71. The number of nitrogens with zero attached hydrogens (tertiary/aromatic N) is 1. The summed E-state index contributed by atoms with van der Waals surface area (Å²) >= 11 is 0. The standard InChI is InChI=1S/C17H24N2O2/c1-12-9-16(12)17(20)18-13-5-4-8-19(11-13)14-6-3-7-15(10-14)21-2/h3,6-7,10,12-13,16H,4-5,8-9,11H2,1-2H3,(H,18,20)/t12-,13-,16-/m0/s1. The molecule has 21 heavy (non-hydrogen) atoms. The minimum atomic E-state index is 0.250. The van der Waals surface area contributed by atoms with Crippen molar-refractivity contribution in [3.05, 3.63) is 24.3 Å². The monoisotopic (exact) mass is 288 g/mol. The van der Waals surface area contributed by atoms with Crippen LogP contribution in [-0.2, 0) is 4.79 Å². The van der Waals surface area contributed by atoms with Crippen LogP contribution in [0.25, 0.3) is 0 Å². The van der Waals surface area contributed by atoms with Crippen molar-refractivity contribution in [3.8, 4) is 5.75 Å². The lowest BCUT2D eigenvalue weighted by Crippen LogP contribution is -2.48. The van der Waals surface area contributed by atoms with Crippen LogP contribution in [0, 0.1) is 11.8 Å². The smallest absolute Gasteiger partial charge is 0.223 e. The molecule has 1 N–H and O–H groups in total. The normalized spacial score (nSPS) is 28.1. The van der Waals surface area contributed by atoms with Crippen molar-refractivity contribution in [2.45, 2.75) is 32.2 Å². The molecule has 1 aliphatic carbocycles. The summed E-state index contributed by atoms with van der Waals surface area (Å²) in [5, 5.41) is 3.23. The van der Waals surface area contributed by atoms with Crippen LogP contribution in [0.5, 0.6) is 5.75 Å². The molecular formula is C17H24N2O2. The molecule has 1 aromatic carbocycles. The number of ether oxygens (including phenoxy) is 1. The first-order valence-electron chi connectivity index (χ1n) is 7.86. The third-order valence-corrected chi connectivity index (χ3v) is 4.63. The highest BCUT2D eigenvalue weighted by molar-refractivity contribution is 5.81. The van der Waals surface area contributed by atoms with Gasteiger partial charge in [0.1, 0.15) is 5.75 Å². The summed E-state index contributed by atoms with van der Waals surface area (Å²) in [7, 11) is 1.69. The van der Waals surface area contributed by atoms with E-state index >= 15 is 0 Å². The lowest BCUT2D eigenvalue weighted by molar-refractivity contribution is -0.123. The maximum atomic E-state index is 12.1. The fourth-order valence-electron chi connectivity index (χ4n) is 3.13. The largest absolute Gasteiger partial charge is 0.497 e. The molecule has 4 nitrogen and oxygen atoms in total. The van der Waals surface area contributed by atoms with E-state index in [-0.39, 0.29) is 17.9 Å². The first-order chi connectivity index (χ1) is 10.2. The van der Waals surface area contributed by atoms with Crippen LogP contribution in [0.15, 0.2) is 24.3 Å². The molecule has 2 fully saturated rings. The molecule has 1 saturated carbocycles. The quantitative estimate of drug-likeness (QED) is 0.925. The summed E-state index contributed by atoms with van der Waals surface area (Å²) in [6.45, 7) is 4.08. The maximum absolute atomic E-state index is 12.1. The summed E-state index contributed by atoms with van der Waals surface area (Å²) in [6, 6.07) is 8.41. The van der Waals surface area contributed by atoms with E-state index in [1.807, 2.05) is 12.1 Å². The fourth-order valence-corrected chi connectivity index (χ4v) is 3.13. The number of benzene rings is 1. The van der Waals surface area contributed by atoms with Crippen LogP contribution in [-0.4, -0.2) is 32.1 Å². The van der Waals surface area contributed by atoms with Gasteiger partial charge in [0.25, 0.3) is 0 Å². The molecule has 4 heteroatoms. The molecular weight excluding hydrogens is 264 g/mol. The molecule has 0 unspecified atom stereocenters. The summed E-state index contributed by atoms with van der Waals surface area (Å²) < 4.78 is 5.29. The highest BCUT2D eigenvalue weighted by atomic mass is 16.5. The average molecular weight is 288 g/mol. The minimum Gasteiger partial charge on any atom is -0.497 e. The van der Waals surface area contributed by atoms with E-state index in [1.54, 1.807) is 7.11 Å². The van der Waals surface area contributed by atoms with Gasteiger partial charge in [0, 0.05) is 36.8 Å². The highest BCUT2D eigenvalue weighted by Gasteiger charge is 2.40. The van der Waals surface area contributed by atoms with E-state index in [0.29, 0.717) is 5.92 Å². The van der Waals surface area contributed by atoms with Crippen molar-refractivity contribution in [2.75, 3.05) is 25.1 Å². The van der Waals surface area contributed by atoms with Crippen molar-refractivity contribution >= 4 is 11.6 Å². The van der Waals surface area contributed by atoms with Crippen LogP contribution < -0.4 is 15.0 Å². The fraction of sp³-hybridized carbons (Fsp3) is 0.588. The Labute approximate surface area is 126 Å². The minimum absolute atomic E-state index is 0.250. The number of hydrogen-bond donors (Lipinski definition) is 1. The van der Waals surface area contributed by atoms with Gasteiger partial charge >= 0.3 is 0 Å². The van der Waals surface area contributed by atoms with Gasteiger partial charge in [-0.2, -0.15) is 0 Å². The van der Waals surface area contributed by atoms with Crippen LogP contribution >= 0.6 is 0 Å². The Morgan fingerprint density at radius 3 is 2.95 bits per heavy atom. The third-order valence-electron chi connectivity index (χ3n) is 4.63. The Morgan fingerprint density at radius 1 is 1.43 bits per heavy atom. The van der Waals surface area contributed by atoms with Gasteiger partial charge < -0.3 is 15.0 Å². The molecule has 0 radical (unpaired) electrons. The van der Waals surface area contributed by atoms with Gasteiger partial charge in [-0.25, -0.2) is 0 Å². The Morgan fingerprint density at radius 2 is 2.24 bits per heavy atom. The van der Waals surface area contributed by atoms with Crippen molar-refractivity contribution in [1.82, 2.24) is 5.32 Å². The van der Waals surface area contributed by atoms with E-state index < -0.39 is 0 Å². The van der Waals surface area contributed by atoms with Gasteiger partial charge in [-0.3, -0.25) is 4.79 Å². The number of hydrogen-bond acceptors (Lipinski definition) is 3. The molecule has 1 aromatic rings. The molecule has 0 aromatic heterocycles. The lowest BCUT2D eigenvalue weighted by Gasteiger charge is -2.35. The number of carbonyl (C=O) groups is 1. The number of methoxy groups -OCH3 is 1. The summed E-state index contributed by atoms with van der Waals surface area (Å²) in [5.74, 6) is 1.96. The maximum Gasteiger partial charge on any atom is 0.223 e. The lowest BCUT2D eigenvalue weighted by atomic mass is 10.0. The number of amides is 1. The Kier molecular flexibility index (Phi) is 4.04. The average Bonchev–Trinajstić information content (AvgIpc) is 3.25. The zero-order valence-electron chi connectivity index (χ0n) is 12.8. The number of piperidine rings is 1. The van der Waals surface area contributed by atoms with Crippen molar-refractivity contribution in [2.24, 2.45) is 11.8 Å². The van der Waals surface area contributed by atoms with Gasteiger partial charge in [-0.05, 0) is 37.3 Å². The SMILES string of the molecule is COc1cccc(N2CCC[C@H](NC(=O)[C@H]3C[C@@H]3C)C2)c1. The van der Waals surface area contributed by atoms with E-state index in [0.717, 1.165) is 38.1 Å². The number of anilines is 1. The zero-order chi connectivity index (χ0) is 14.8. The first kappa shape index (κ1) is 14.2. The first-order valence-corrected chi connectivity index (χ1v) is 7.86. The Bertz CT molecular complexity index is 517. The van der Waals surface area contributed by atoms with Gasteiger partial charge in [0.2, 0.25) is 5.91 Å². The molecule has 1 amide bonds. The molecule has 0 spiro atoms. The number of rotatable bonds is 4. The third kappa shape index (κ3) is 3.31. The molecule has 0 bridgehead atoms. The second kappa shape index (κ2) is 5.96. The number of nitrogens with one attached hydrogen (secondary N) is 1. The highest BCUT2D eigenvalue weighted by Crippen LogP contribution is 2.38. The topological polar surface area (TPSA) is 41.6 Å². The predicted molar refractivity (Wildman–Crippen MR) is 83.6 cm³/mol. The molecule has 1 aliphatic heterocycles. The summed E-state index contributed by atoms with van der Waals surface area (Å²) in [4.78, 5) is 14.4. The van der Waals surface area contributed by atoms with E-state index in [9.17, 15) is 4.79 Å². The van der Waals surface area contributed by atoms with E-state index in [4.69, 9.17) is 4.74 Å². The van der Waals surface area contributed by atoms with Crippen molar-refractivity contribution < 1.29 is 9.53 Å². The zero-order valence-corrected chi connectivity index (χ0v) is 12.8. The van der Waals surface area contributed by atoms with Crippen LogP contribution in [0.3, 0.4) is 0 Å². The van der Waals surface area contributed by atoms with Gasteiger partial charge in [0.05, 0.1) is 7.11 Å². The second-order valence-electron chi connectivity index (χ2n) is 6.31. The predicted octanol–water partition coefficient (Wildman–Crippen LogP) is 2.44. The van der Waals surface area contributed by atoms with E-state index in [1.165, 1.54) is 5.69 Å². The van der Waals surface area contributed by atoms with Crippen molar-refractivity contribution in [3.63, 3.8) is 0 Å². The molecule has 1 saturated heterocycles. The summed E-state index contributed by atoms with van der Waals surface area (Å²) in [5.41, 5.74) is 1.17. The summed E-state index contributed by atoms with van der Waals surface area (Å²) in [6.07, 6.45) is 3.24. The second-order valence-corrected chi connectivity index (χ2v) is 6.31.